The van der Waals surface area contributed by atoms with Crippen LogP contribution < -0.4 is 0 Å². The Morgan fingerprint density at radius 2 is 1.81 bits per heavy atom. The molecule has 0 radical (unpaired) electrons. The topological polar surface area (TPSA) is 46.0 Å². The SMILES string of the molecule is S=c1[nH]nc(-c2ccccc2)n1N=Cc1ccc(Cl)cc1. The van der Waals surface area contributed by atoms with E-state index in [-0.39, 0.29) is 0 Å². The molecule has 0 aliphatic rings. The molecule has 3 aromatic rings. The summed E-state index contributed by atoms with van der Waals surface area (Å²) in [5.74, 6) is 0.672. The molecule has 0 atom stereocenters. The third-order valence-corrected chi connectivity index (χ3v) is 3.39. The normalized spacial score (nSPS) is 11.1. The van der Waals surface area contributed by atoms with Crippen molar-refractivity contribution >= 4 is 30.0 Å². The van der Waals surface area contributed by atoms with Crippen LogP contribution in [0.3, 0.4) is 0 Å². The fourth-order valence-corrected chi connectivity index (χ4v) is 2.15. The number of aromatic amines is 1. The third-order valence-electron chi connectivity index (χ3n) is 2.87. The molecule has 1 N–H and O–H groups in total. The quantitative estimate of drug-likeness (QED) is 0.583. The molecular weight excluding hydrogens is 304 g/mol. The predicted molar refractivity (Wildman–Crippen MR) is 87.3 cm³/mol. The van der Waals surface area contributed by atoms with E-state index in [0.29, 0.717) is 15.6 Å². The first-order chi connectivity index (χ1) is 10.2. The monoisotopic (exact) mass is 314 g/mol. The minimum absolute atomic E-state index is 0.444. The zero-order chi connectivity index (χ0) is 14.7. The van der Waals surface area contributed by atoms with Crippen molar-refractivity contribution in [3.05, 3.63) is 70.0 Å². The van der Waals surface area contributed by atoms with E-state index in [1.165, 1.54) is 0 Å². The maximum atomic E-state index is 5.86. The van der Waals surface area contributed by atoms with Gasteiger partial charge in [-0.05, 0) is 29.9 Å². The number of aromatic nitrogens is 3. The van der Waals surface area contributed by atoms with Gasteiger partial charge in [-0.3, -0.25) is 0 Å². The van der Waals surface area contributed by atoms with Gasteiger partial charge in [0.05, 0.1) is 6.21 Å². The molecule has 0 saturated carbocycles. The first kappa shape index (κ1) is 13.7. The highest BCUT2D eigenvalue weighted by Crippen LogP contribution is 2.16. The van der Waals surface area contributed by atoms with Crippen LogP contribution in [-0.4, -0.2) is 21.1 Å². The summed E-state index contributed by atoms with van der Waals surface area (Å²) in [6.07, 6.45) is 1.72. The van der Waals surface area contributed by atoms with E-state index in [4.69, 9.17) is 23.8 Å². The lowest BCUT2D eigenvalue weighted by Crippen LogP contribution is -1.94. The summed E-state index contributed by atoms with van der Waals surface area (Å²) < 4.78 is 2.04. The van der Waals surface area contributed by atoms with Crippen molar-refractivity contribution in [2.45, 2.75) is 0 Å². The summed E-state index contributed by atoms with van der Waals surface area (Å²) >= 11 is 11.1. The standard InChI is InChI=1S/C15H11ClN4S/c16-13-8-6-11(7-9-13)10-17-20-14(18-19-15(20)21)12-4-2-1-3-5-12/h1-10H,(H,19,21). The van der Waals surface area contributed by atoms with Crippen molar-refractivity contribution < 1.29 is 0 Å². The molecule has 0 saturated heterocycles. The van der Waals surface area contributed by atoms with Gasteiger partial charge in [-0.25, -0.2) is 5.10 Å². The number of H-pyrrole nitrogens is 1. The van der Waals surface area contributed by atoms with Gasteiger partial charge in [0, 0.05) is 10.6 Å². The van der Waals surface area contributed by atoms with E-state index in [1.807, 2.05) is 54.6 Å². The van der Waals surface area contributed by atoms with Crippen molar-refractivity contribution in [1.82, 2.24) is 14.9 Å². The Bertz CT molecular complexity index is 819. The fraction of sp³-hybridized carbons (Fsp3) is 0. The average molecular weight is 315 g/mol. The molecular formula is C15H11ClN4S. The van der Waals surface area contributed by atoms with Crippen molar-refractivity contribution in [2.24, 2.45) is 5.10 Å². The number of benzene rings is 2. The molecule has 0 amide bonds. The Balaban J connectivity index is 1.98. The van der Waals surface area contributed by atoms with E-state index in [2.05, 4.69) is 15.3 Å². The van der Waals surface area contributed by atoms with E-state index >= 15 is 0 Å². The maximum Gasteiger partial charge on any atom is 0.216 e. The van der Waals surface area contributed by atoms with Gasteiger partial charge in [0.2, 0.25) is 4.77 Å². The van der Waals surface area contributed by atoms with E-state index in [1.54, 1.807) is 10.9 Å². The van der Waals surface area contributed by atoms with Crippen LogP contribution in [0.25, 0.3) is 11.4 Å². The second kappa shape index (κ2) is 6.03. The molecule has 4 nitrogen and oxygen atoms in total. The molecule has 3 rings (SSSR count). The van der Waals surface area contributed by atoms with Crippen LogP contribution in [0.1, 0.15) is 5.56 Å². The number of hydrogen-bond donors (Lipinski definition) is 1. The van der Waals surface area contributed by atoms with Crippen LogP contribution in [0.4, 0.5) is 0 Å². The highest BCUT2D eigenvalue weighted by atomic mass is 35.5. The number of halogens is 1. The van der Waals surface area contributed by atoms with Gasteiger partial charge < -0.3 is 0 Å². The van der Waals surface area contributed by atoms with Crippen LogP contribution in [0, 0.1) is 4.77 Å². The number of nitrogens with zero attached hydrogens (tertiary/aromatic N) is 3. The first-order valence-electron chi connectivity index (χ1n) is 6.27. The predicted octanol–water partition coefficient (Wildman–Crippen LogP) is 4.14. The molecule has 2 aromatic carbocycles. The fourth-order valence-electron chi connectivity index (χ4n) is 1.85. The molecule has 0 aliphatic carbocycles. The second-order valence-electron chi connectivity index (χ2n) is 4.33. The Hall–Kier alpha value is -2.24. The average Bonchev–Trinajstić information content (AvgIpc) is 2.89. The number of rotatable bonds is 3. The minimum Gasteiger partial charge on any atom is -0.250 e. The highest BCUT2D eigenvalue weighted by molar-refractivity contribution is 7.71. The molecule has 0 bridgehead atoms. The van der Waals surface area contributed by atoms with Crippen molar-refractivity contribution in [3.8, 4) is 11.4 Å². The molecule has 21 heavy (non-hydrogen) atoms. The zero-order valence-electron chi connectivity index (χ0n) is 10.9. The first-order valence-corrected chi connectivity index (χ1v) is 7.05. The molecule has 0 aliphatic heterocycles. The second-order valence-corrected chi connectivity index (χ2v) is 5.15. The van der Waals surface area contributed by atoms with Crippen LogP contribution in [0.2, 0.25) is 5.02 Å². The Morgan fingerprint density at radius 3 is 2.52 bits per heavy atom. The van der Waals surface area contributed by atoms with Gasteiger partial charge in [-0.1, -0.05) is 54.1 Å². The van der Waals surface area contributed by atoms with Crippen molar-refractivity contribution in [3.63, 3.8) is 0 Å². The minimum atomic E-state index is 0.444. The number of nitrogens with one attached hydrogen (secondary N) is 1. The third kappa shape index (κ3) is 3.09. The summed E-state index contributed by atoms with van der Waals surface area (Å²) in [5, 5.41) is 12.1. The smallest absolute Gasteiger partial charge is 0.216 e. The summed E-state index contributed by atoms with van der Waals surface area (Å²) in [6, 6.07) is 17.2. The van der Waals surface area contributed by atoms with Gasteiger partial charge in [0.15, 0.2) is 5.82 Å². The van der Waals surface area contributed by atoms with Crippen LogP contribution in [0.5, 0.6) is 0 Å². The number of hydrogen-bond acceptors (Lipinski definition) is 3. The summed E-state index contributed by atoms with van der Waals surface area (Å²) in [6.45, 7) is 0. The van der Waals surface area contributed by atoms with Crippen LogP contribution in [-0.2, 0) is 0 Å². The van der Waals surface area contributed by atoms with E-state index < -0.39 is 0 Å². The molecule has 6 heteroatoms. The molecule has 1 aromatic heterocycles. The van der Waals surface area contributed by atoms with E-state index in [0.717, 1.165) is 11.1 Å². The van der Waals surface area contributed by atoms with Gasteiger partial charge in [-0.2, -0.15) is 14.9 Å². The summed E-state index contributed by atoms with van der Waals surface area (Å²) in [4.78, 5) is 0. The van der Waals surface area contributed by atoms with Crippen molar-refractivity contribution in [1.29, 1.82) is 0 Å². The maximum absolute atomic E-state index is 5.86. The molecule has 0 unspecified atom stereocenters. The molecule has 0 spiro atoms. The summed E-state index contributed by atoms with van der Waals surface area (Å²) in [7, 11) is 0. The Morgan fingerprint density at radius 1 is 1.10 bits per heavy atom. The van der Waals surface area contributed by atoms with Crippen LogP contribution >= 0.6 is 23.8 Å². The highest BCUT2D eigenvalue weighted by Gasteiger charge is 2.06. The molecule has 1 heterocycles. The lowest BCUT2D eigenvalue weighted by atomic mass is 10.2. The van der Waals surface area contributed by atoms with Gasteiger partial charge in [0.1, 0.15) is 0 Å². The lowest BCUT2D eigenvalue weighted by Gasteiger charge is -2.00. The van der Waals surface area contributed by atoms with Crippen molar-refractivity contribution in [2.75, 3.05) is 0 Å². The lowest BCUT2D eigenvalue weighted by molar-refractivity contribution is 0.871. The van der Waals surface area contributed by atoms with Gasteiger partial charge in [0.25, 0.3) is 0 Å². The van der Waals surface area contributed by atoms with Gasteiger partial charge in [-0.15, -0.1) is 0 Å². The van der Waals surface area contributed by atoms with E-state index in [9.17, 15) is 0 Å². The Labute approximate surface area is 131 Å². The summed E-state index contributed by atoms with van der Waals surface area (Å²) in [5.41, 5.74) is 1.87. The largest absolute Gasteiger partial charge is 0.250 e. The van der Waals surface area contributed by atoms with Crippen LogP contribution in [0.15, 0.2) is 59.7 Å². The molecule has 0 fully saturated rings. The zero-order valence-corrected chi connectivity index (χ0v) is 12.5. The van der Waals surface area contributed by atoms with Gasteiger partial charge >= 0.3 is 0 Å². The Kier molecular flexibility index (Phi) is 3.94. The molecule has 104 valence electrons.